The lowest BCUT2D eigenvalue weighted by Crippen LogP contribution is -2.36. The Balaban J connectivity index is 2.61. The van der Waals surface area contributed by atoms with Gasteiger partial charge in [-0.15, -0.1) is 0 Å². The van der Waals surface area contributed by atoms with E-state index in [1.165, 1.54) is 14.0 Å². The Morgan fingerprint density at radius 3 is 2.42 bits per heavy atom. The Hall–Kier alpha value is -1.88. The lowest BCUT2D eigenvalue weighted by atomic mass is 9.88. The van der Waals surface area contributed by atoms with Crippen molar-refractivity contribution in [2.75, 3.05) is 13.7 Å². The van der Waals surface area contributed by atoms with Crippen LogP contribution in [0.15, 0.2) is 30.3 Å². The molecule has 5 heteroatoms. The fraction of sp³-hybridized carbons (Fsp3) is 0.429. The van der Waals surface area contributed by atoms with Crippen molar-refractivity contribution < 1.29 is 24.2 Å². The molecular weight excluding hydrogens is 248 g/mol. The van der Waals surface area contributed by atoms with E-state index >= 15 is 0 Å². The van der Waals surface area contributed by atoms with E-state index in [2.05, 4.69) is 4.74 Å². The molecule has 1 aromatic carbocycles. The van der Waals surface area contributed by atoms with Crippen LogP contribution in [0.2, 0.25) is 0 Å². The van der Waals surface area contributed by atoms with E-state index in [1.807, 2.05) is 30.3 Å². The third kappa shape index (κ3) is 4.37. The van der Waals surface area contributed by atoms with Crippen molar-refractivity contribution >= 4 is 11.9 Å². The van der Waals surface area contributed by atoms with Crippen molar-refractivity contribution in [1.29, 1.82) is 0 Å². The summed E-state index contributed by atoms with van der Waals surface area (Å²) in [6, 6.07) is 9.18. The highest BCUT2D eigenvalue weighted by atomic mass is 16.5. The molecule has 0 fully saturated rings. The van der Waals surface area contributed by atoms with Gasteiger partial charge in [0.1, 0.15) is 6.61 Å². The Morgan fingerprint density at radius 2 is 1.89 bits per heavy atom. The van der Waals surface area contributed by atoms with Crippen LogP contribution in [-0.4, -0.2) is 30.8 Å². The summed E-state index contributed by atoms with van der Waals surface area (Å²) in [5.74, 6) is -1.18. The lowest BCUT2D eigenvalue weighted by molar-refractivity contribution is -0.164. The standard InChI is InChI=1S/C14H18O5/c1-14(10-15,8-12(16)18-2)13(17)19-9-11-6-4-3-5-7-11/h3-7,15H,8-10H2,1-2H3/t14-/m1/s1. The molecule has 0 spiro atoms. The van der Waals surface area contributed by atoms with E-state index in [-0.39, 0.29) is 13.0 Å². The Labute approximate surface area is 112 Å². The van der Waals surface area contributed by atoms with Gasteiger partial charge in [-0.1, -0.05) is 30.3 Å². The smallest absolute Gasteiger partial charge is 0.315 e. The molecule has 0 aliphatic carbocycles. The number of aliphatic hydroxyl groups is 1. The van der Waals surface area contributed by atoms with Crippen LogP contribution in [0, 0.1) is 5.41 Å². The molecule has 5 nitrogen and oxygen atoms in total. The summed E-state index contributed by atoms with van der Waals surface area (Å²) in [5, 5.41) is 9.29. The summed E-state index contributed by atoms with van der Waals surface area (Å²) in [5.41, 5.74) is -0.434. The fourth-order valence-electron chi connectivity index (χ4n) is 1.48. The summed E-state index contributed by atoms with van der Waals surface area (Å²) in [4.78, 5) is 23.2. The van der Waals surface area contributed by atoms with Gasteiger partial charge in [0.05, 0.1) is 25.6 Å². The molecule has 0 amide bonds. The van der Waals surface area contributed by atoms with Crippen LogP contribution in [0.25, 0.3) is 0 Å². The molecule has 0 radical (unpaired) electrons. The van der Waals surface area contributed by atoms with Crippen LogP contribution in [-0.2, 0) is 25.7 Å². The summed E-state index contributed by atoms with van der Waals surface area (Å²) in [6.45, 7) is 1.10. The third-order valence-electron chi connectivity index (χ3n) is 2.82. The number of hydrogen-bond acceptors (Lipinski definition) is 5. The fourth-order valence-corrected chi connectivity index (χ4v) is 1.48. The minimum atomic E-state index is -1.28. The van der Waals surface area contributed by atoms with Gasteiger partial charge in [0.25, 0.3) is 0 Å². The highest BCUT2D eigenvalue weighted by molar-refractivity contribution is 5.83. The number of esters is 2. The monoisotopic (exact) mass is 266 g/mol. The van der Waals surface area contributed by atoms with Crippen molar-refractivity contribution in [2.24, 2.45) is 5.41 Å². The molecule has 0 heterocycles. The van der Waals surface area contributed by atoms with Crippen LogP contribution in [0.4, 0.5) is 0 Å². The predicted molar refractivity (Wildman–Crippen MR) is 68.1 cm³/mol. The molecule has 0 unspecified atom stereocenters. The van der Waals surface area contributed by atoms with E-state index in [0.29, 0.717) is 0 Å². The first-order valence-electron chi connectivity index (χ1n) is 5.90. The number of rotatable bonds is 6. The summed E-state index contributed by atoms with van der Waals surface area (Å²) < 4.78 is 9.63. The lowest BCUT2D eigenvalue weighted by Gasteiger charge is -2.23. The van der Waals surface area contributed by atoms with Crippen molar-refractivity contribution in [1.82, 2.24) is 0 Å². The summed E-state index contributed by atoms with van der Waals surface area (Å²) in [7, 11) is 1.23. The number of carbonyl (C=O) groups is 2. The first kappa shape index (κ1) is 15.2. The van der Waals surface area contributed by atoms with E-state index in [9.17, 15) is 14.7 Å². The van der Waals surface area contributed by atoms with Crippen LogP contribution in [0.5, 0.6) is 0 Å². The Kier molecular flexibility index (Phi) is 5.51. The second-order valence-electron chi connectivity index (χ2n) is 4.53. The highest BCUT2D eigenvalue weighted by Crippen LogP contribution is 2.23. The van der Waals surface area contributed by atoms with Gasteiger partial charge >= 0.3 is 11.9 Å². The normalized spacial score (nSPS) is 13.4. The highest BCUT2D eigenvalue weighted by Gasteiger charge is 2.37. The molecule has 1 rings (SSSR count). The topological polar surface area (TPSA) is 72.8 Å². The van der Waals surface area contributed by atoms with Gasteiger partial charge in [0.15, 0.2) is 0 Å². The number of carbonyl (C=O) groups excluding carboxylic acids is 2. The number of aliphatic hydroxyl groups excluding tert-OH is 1. The van der Waals surface area contributed by atoms with E-state index in [1.54, 1.807) is 0 Å². The zero-order chi connectivity index (χ0) is 14.3. The summed E-state index contributed by atoms with van der Waals surface area (Å²) >= 11 is 0. The largest absolute Gasteiger partial charge is 0.469 e. The third-order valence-corrected chi connectivity index (χ3v) is 2.82. The van der Waals surface area contributed by atoms with Crippen LogP contribution in [0.3, 0.4) is 0 Å². The molecule has 0 aliphatic heterocycles. The molecule has 0 aromatic heterocycles. The van der Waals surface area contributed by atoms with E-state index in [0.717, 1.165) is 5.56 Å². The molecule has 19 heavy (non-hydrogen) atoms. The second-order valence-corrected chi connectivity index (χ2v) is 4.53. The van der Waals surface area contributed by atoms with Crippen molar-refractivity contribution in [3.63, 3.8) is 0 Å². The zero-order valence-electron chi connectivity index (χ0n) is 11.1. The second kappa shape index (κ2) is 6.89. The van der Waals surface area contributed by atoms with Crippen LogP contribution < -0.4 is 0 Å². The molecule has 0 aliphatic rings. The van der Waals surface area contributed by atoms with Gasteiger partial charge in [0.2, 0.25) is 0 Å². The summed E-state index contributed by atoms with van der Waals surface area (Å²) in [6.07, 6.45) is -0.215. The van der Waals surface area contributed by atoms with Gasteiger partial charge in [0, 0.05) is 0 Å². The zero-order valence-corrected chi connectivity index (χ0v) is 11.1. The molecular formula is C14H18O5. The van der Waals surface area contributed by atoms with E-state index in [4.69, 9.17) is 4.74 Å². The van der Waals surface area contributed by atoms with Gasteiger partial charge in [-0.3, -0.25) is 9.59 Å². The SMILES string of the molecule is COC(=O)C[C@](C)(CO)C(=O)OCc1ccccc1. The first-order chi connectivity index (χ1) is 9.01. The molecule has 1 N–H and O–H groups in total. The van der Waals surface area contributed by atoms with Crippen molar-refractivity contribution in [3.8, 4) is 0 Å². The average molecular weight is 266 g/mol. The minimum absolute atomic E-state index is 0.108. The minimum Gasteiger partial charge on any atom is -0.469 e. The number of hydrogen-bond donors (Lipinski definition) is 1. The van der Waals surface area contributed by atoms with Gasteiger partial charge in [-0.25, -0.2) is 0 Å². The number of benzene rings is 1. The molecule has 1 aromatic rings. The van der Waals surface area contributed by atoms with Crippen molar-refractivity contribution in [3.05, 3.63) is 35.9 Å². The maximum absolute atomic E-state index is 11.9. The number of methoxy groups -OCH3 is 1. The molecule has 1 atom stereocenters. The first-order valence-corrected chi connectivity index (χ1v) is 5.90. The molecule has 0 saturated heterocycles. The van der Waals surface area contributed by atoms with E-state index < -0.39 is 24.0 Å². The molecule has 0 bridgehead atoms. The van der Waals surface area contributed by atoms with Crippen LogP contribution >= 0.6 is 0 Å². The van der Waals surface area contributed by atoms with Crippen LogP contribution in [0.1, 0.15) is 18.9 Å². The maximum atomic E-state index is 11.9. The molecule has 104 valence electrons. The average Bonchev–Trinajstić information content (AvgIpc) is 2.45. The Morgan fingerprint density at radius 1 is 1.26 bits per heavy atom. The maximum Gasteiger partial charge on any atom is 0.315 e. The quantitative estimate of drug-likeness (QED) is 0.785. The Bertz CT molecular complexity index is 429. The predicted octanol–water partition coefficient (Wildman–Crippen LogP) is 1.29. The number of ether oxygens (including phenoxy) is 2. The van der Waals surface area contributed by atoms with Gasteiger partial charge < -0.3 is 14.6 Å². The van der Waals surface area contributed by atoms with Gasteiger partial charge in [-0.05, 0) is 12.5 Å². The van der Waals surface area contributed by atoms with Gasteiger partial charge in [-0.2, -0.15) is 0 Å². The van der Waals surface area contributed by atoms with Crippen molar-refractivity contribution in [2.45, 2.75) is 20.0 Å². The molecule has 0 saturated carbocycles.